The molecule has 1 aliphatic heterocycles. The molecule has 1 aromatic rings. The largest absolute Gasteiger partial charge is 0.463 e. The van der Waals surface area contributed by atoms with Gasteiger partial charge in [-0.1, -0.05) is 0 Å². The summed E-state index contributed by atoms with van der Waals surface area (Å²) >= 11 is 0. The molecule has 0 saturated carbocycles. The van der Waals surface area contributed by atoms with Crippen molar-refractivity contribution in [1.29, 1.82) is 0 Å². The summed E-state index contributed by atoms with van der Waals surface area (Å²) in [6.07, 6.45) is -4.92. The second kappa shape index (κ2) is 8.26. The number of hydrogen-bond acceptors (Lipinski definition) is 7. The average molecular weight is 354 g/mol. The van der Waals surface area contributed by atoms with Crippen LogP contribution in [0.3, 0.4) is 0 Å². The molecule has 2 rings (SSSR count). The minimum atomic E-state index is -1.38. The fourth-order valence-corrected chi connectivity index (χ4v) is 2.53. The van der Waals surface area contributed by atoms with Crippen LogP contribution in [0.25, 0.3) is 0 Å². The Balaban J connectivity index is 2.15. The fourth-order valence-electron chi connectivity index (χ4n) is 2.53. The van der Waals surface area contributed by atoms with Crippen molar-refractivity contribution in [2.24, 2.45) is 0 Å². The Morgan fingerprint density at radius 3 is 2.28 bits per heavy atom. The van der Waals surface area contributed by atoms with E-state index in [1.165, 1.54) is 13.8 Å². The number of anilines is 1. The lowest BCUT2D eigenvalue weighted by atomic mass is 9.97. The molecule has 5 N–H and O–H groups in total. The van der Waals surface area contributed by atoms with Gasteiger partial charge in [0.15, 0.2) is 0 Å². The van der Waals surface area contributed by atoms with E-state index in [1.54, 1.807) is 24.3 Å². The Morgan fingerprint density at radius 2 is 1.76 bits per heavy atom. The SMILES string of the molecule is CC(=O)Nc1ccc(O[C@@H]2O[C@H](CO)[C@H](O)[C@H](O)[C@@H]2NC(C)=O)cc1. The molecule has 25 heavy (non-hydrogen) atoms. The van der Waals surface area contributed by atoms with Crippen molar-refractivity contribution in [3.05, 3.63) is 24.3 Å². The van der Waals surface area contributed by atoms with Crippen LogP contribution in [0.15, 0.2) is 24.3 Å². The predicted molar refractivity (Wildman–Crippen MR) is 86.7 cm³/mol. The van der Waals surface area contributed by atoms with Crippen LogP contribution in [0.1, 0.15) is 13.8 Å². The number of hydrogen-bond donors (Lipinski definition) is 5. The number of ether oxygens (including phenoxy) is 2. The van der Waals surface area contributed by atoms with Crippen molar-refractivity contribution >= 4 is 17.5 Å². The third-order valence-electron chi connectivity index (χ3n) is 3.68. The Morgan fingerprint density at radius 1 is 1.12 bits per heavy atom. The molecule has 2 amide bonds. The molecule has 138 valence electrons. The van der Waals surface area contributed by atoms with Crippen molar-refractivity contribution in [1.82, 2.24) is 5.32 Å². The summed E-state index contributed by atoms with van der Waals surface area (Å²) in [5.41, 5.74) is 0.575. The van der Waals surface area contributed by atoms with Gasteiger partial charge in [-0.2, -0.15) is 0 Å². The normalized spacial score (nSPS) is 28.9. The van der Waals surface area contributed by atoms with E-state index in [2.05, 4.69) is 10.6 Å². The molecule has 1 saturated heterocycles. The van der Waals surface area contributed by atoms with E-state index in [0.717, 1.165) is 0 Å². The van der Waals surface area contributed by atoms with Crippen molar-refractivity contribution in [2.75, 3.05) is 11.9 Å². The van der Waals surface area contributed by atoms with E-state index >= 15 is 0 Å². The Kier molecular flexibility index (Phi) is 6.32. The van der Waals surface area contributed by atoms with Gasteiger partial charge in [0.25, 0.3) is 0 Å². The van der Waals surface area contributed by atoms with Crippen LogP contribution in [-0.4, -0.2) is 64.4 Å². The smallest absolute Gasteiger partial charge is 0.223 e. The van der Waals surface area contributed by atoms with Crippen LogP contribution in [0.2, 0.25) is 0 Å². The van der Waals surface area contributed by atoms with E-state index in [4.69, 9.17) is 9.47 Å². The quantitative estimate of drug-likeness (QED) is 0.456. The number of benzene rings is 1. The molecule has 0 spiro atoms. The number of amides is 2. The summed E-state index contributed by atoms with van der Waals surface area (Å²) < 4.78 is 11.1. The van der Waals surface area contributed by atoms with Gasteiger partial charge in [-0.05, 0) is 24.3 Å². The highest BCUT2D eigenvalue weighted by atomic mass is 16.7. The topological polar surface area (TPSA) is 137 Å². The molecule has 0 radical (unpaired) electrons. The summed E-state index contributed by atoms with van der Waals surface area (Å²) in [5, 5.41) is 34.5. The lowest BCUT2D eigenvalue weighted by molar-refractivity contribution is -0.244. The standard InChI is InChI=1S/C16H22N2O7/c1-8(20)17-10-3-5-11(6-4-10)24-16-13(18-9(2)21)15(23)14(22)12(7-19)25-16/h3-6,12-16,19,22-23H,7H2,1-2H3,(H,17,20)(H,18,21)/t12-,13+,14+,15-,16-/m1/s1. The van der Waals surface area contributed by atoms with Gasteiger partial charge in [0.1, 0.15) is 30.1 Å². The molecule has 0 aliphatic carbocycles. The number of aliphatic hydroxyl groups excluding tert-OH is 3. The lowest BCUT2D eigenvalue weighted by Gasteiger charge is -2.42. The second-order valence-corrected chi connectivity index (χ2v) is 5.76. The predicted octanol–water partition coefficient (Wildman–Crippen LogP) is -1.03. The molecular weight excluding hydrogens is 332 g/mol. The molecule has 1 fully saturated rings. The van der Waals surface area contributed by atoms with Gasteiger partial charge in [-0.3, -0.25) is 9.59 Å². The summed E-state index contributed by atoms with van der Waals surface area (Å²) in [4.78, 5) is 22.4. The highest BCUT2D eigenvalue weighted by molar-refractivity contribution is 5.88. The Hall–Kier alpha value is -2.20. The number of carbonyl (C=O) groups is 2. The van der Waals surface area contributed by atoms with Crippen molar-refractivity contribution < 1.29 is 34.4 Å². The van der Waals surface area contributed by atoms with Gasteiger partial charge >= 0.3 is 0 Å². The molecule has 1 aliphatic rings. The zero-order valence-electron chi connectivity index (χ0n) is 13.9. The van der Waals surface area contributed by atoms with E-state index < -0.39 is 43.2 Å². The molecule has 0 bridgehead atoms. The molecular formula is C16H22N2O7. The second-order valence-electron chi connectivity index (χ2n) is 5.76. The molecule has 1 heterocycles. The van der Waals surface area contributed by atoms with Crippen molar-refractivity contribution in [2.45, 2.75) is 44.5 Å². The first-order valence-electron chi connectivity index (χ1n) is 7.75. The van der Waals surface area contributed by atoms with Gasteiger partial charge in [0, 0.05) is 19.5 Å². The van der Waals surface area contributed by atoms with Crippen LogP contribution in [0.5, 0.6) is 5.75 Å². The third kappa shape index (κ3) is 4.89. The van der Waals surface area contributed by atoms with E-state index in [0.29, 0.717) is 11.4 Å². The number of carbonyl (C=O) groups excluding carboxylic acids is 2. The molecule has 1 aromatic carbocycles. The summed E-state index contributed by atoms with van der Waals surface area (Å²) in [7, 11) is 0. The maximum Gasteiger partial charge on any atom is 0.223 e. The fraction of sp³-hybridized carbons (Fsp3) is 0.500. The van der Waals surface area contributed by atoms with E-state index in [-0.39, 0.29) is 5.91 Å². The number of nitrogens with one attached hydrogen (secondary N) is 2. The van der Waals surface area contributed by atoms with Gasteiger partial charge < -0.3 is 35.4 Å². The zero-order valence-corrected chi connectivity index (χ0v) is 13.9. The van der Waals surface area contributed by atoms with E-state index in [1.807, 2.05) is 0 Å². The van der Waals surface area contributed by atoms with Gasteiger partial charge in [-0.15, -0.1) is 0 Å². The first-order chi connectivity index (χ1) is 11.8. The Bertz CT molecular complexity index is 607. The Labute approximate surface area is 144 Å². The first-order valence-corrected chi connectivity index (χ1v) is 7.75. The monoisotopic (exact) mass is 354 g/mol. The van der Waals surface area contributed by atoms with Crippen LogP contribution >= 0.6 is 0 Å². The maximum atomic E-state index is 11.4. The number of aliphatic hydroxyl groups is 3. The molecule has 0 unspecified atom stereocenters. The first kappa shape index (κ1) is 19.1. The highest BCUT2D eigenvalue weighted by Crippen LogP contribution is 2.25. The van der Waals surface area contributed by atoms with Crippen LogP contribution < -0.4 is 15.4 Å². The van der Waals surface area contributed by atoms with Crippen molar-refractivity contribution in [3.63, 3.8) is 0 Å². The molecule has 9 heteroatoms. The van der Waals surface area contributed by atoms with Crippen molar-refractivity contribution in [3.8, 4) is 5.75 Å². The minimum absolute atomic E-state index is 0.210. The maximum absolute atomic E-state index is 11.4. The summed E-state index contributed by atoms with van der Waals surface area (Å²) in [5.74, 6) is -0.287. The lowest BCUT2D eigenvalue weighted by Crippen LogP contribution is -2.65. The number of rotatable bonds is 5. The van der Waals surface area contributed by atoms with Gasteiger partial charge in [-0.25, -0.2) is 0 Å². The molecule has 9 nitrogen and oxygen atoms in total. The summed E-state index contributed by atoms with van der Waals surface area (Å²) in [6.45, 7) is 2.13. The van der Waals surface area contributed by atoms with Gasteiger partial charge in [0.05, 0.1) is 6.61 Å². The highest BCUT2D eigenvalue weighted by Gasteiger charge is 2.46. The van der Waals surface area contributed by atoms with Crippen LogP contribution in [0.4, 0.5) is 5.69 Å². The van der Waals surface area contributed by atoms with Gasteiger partial charge in [0.2, 0.25) is 18.1 Å². The third-order valence-corrected chi connectivity index (χ3v) is 3.68. The van der Waals surface area contributed by atoms with Crippen LogP contribution in [-0.2, 0) is 14.3 Å². The average Bonchev–Trinajstić information content (AvgIpc) is 2.55. The minimum Gasteiger partial charge on any atom is -0.463 e. The zero-order chi connectivity index (χ0) is 18.6. The van der Waals surface area contributed by atoms with E-state index in [9.17, 15) is 24.9 Å². The molecule has 5 atom stereocenters. The van der Waals surface area contributed by atoms with Crippen LogP contribution in [0, 0.1) is 0 Å². The summed E-state index contributed by atoms with van der Waals surface area (Å²) in [6, 6.07) is 5.35. The molecule has 0 aromatic heterocycles.